The molecule has 0 amide bonds. The molecular formula is C18H24N2O4. The van der Waals surface area contributed by atoms with Gasteiger partial charge >= 0.3 is 17.7 Å². The van der Waals surface area contributed by atoms with E-state index in [4.69, 9.17) is 9.47 Å². The fraction of sp³-hybridized carbons (Fsp3) is 0.722. The molecule has 1 heterocycles. The second-order valence-electron chi connectivity index (χ2n) is 6.99. The normalized spacial score (nSPS) is 33.7. The van der Waals surface area contributed by atoms with Crippen LogP contribution in [0.1, 0.15) is 64.2 Å². The van der Waals surface area contributed by atoms with E-state index in [1.807, 2.05) is 0 Å². The van der Waals surface area contributed by atoms with Gasteiger partial charge in [-0.05, 0) is 38.5 Å². The van der Waals surface area contributed by atoms with Crippen LogP contribution in [0.3, 0.4) is 0 Å². The number of nitrogens with zero attached hydrogens (tertiary/aromatic N) is 2. The number of fused-ring (bicyclic) bond motifs is 2. The molecule has 0 aromatic rings. The van der Waals surface area contributed by atoms with Crippen molar-refractivity contribution >= 4 is 17.7 Å². The van der Waals surface area contributed by atoms with Crippen molar-refractivity contribution in [2.75, 3.05) is 0 Å². The Hall–Kier alpha value is -1.94. The molecule has 2 saturated carbocycles. The zero-order valence-corrected chi connectivity index (χ0v) is 13.9. The van der Waals surface area contributed by atoms with E-state index in [0.717, 1.165) is 50.7 Å². The predicted octanol–water partition coefficient (Wildman–Crippen LogP) is 2.97. The summed E-state index contributed by atoms with van der Waals surface area (Å²) in [5.74, 6) is -1.07. The molecule has 0 aromatic heterocycles. The van der Waals surface area contributed by atoms with Gasteiger partial charge in [0, 0.05) is 18.1 Å². The molecule has 2 aliphatic carbocycles. The van der Waals surface area contributed by atoms with E-state index in [9.17, 15) is 15.1 Å². The second kappa shape index (κ2) is 7.31. The molecule has 24 heavy (non-hydrogen) atoms. The minimum Gasteiger partial charge on any atom is -0.447 e. The average Bonchev–Trinajstić information content (AvgIpc) is 2.91. The average molecular weight is 332 g/mol. The van der Waals surface area contributed by atoms with E-state index in [2.05, 4.69) is 4.79 Å². The summed E-state index contributed by atoms with van der Waals surface area (Å²) in [6, 6.07) is 0. The third-order valence-electron chi connectivity index (χ3n) is 5.52. The third kappa shape index (κ3) is 3.29. The Morgan fingerprint density at radius 1 is 0.958 bits per heavy atom. The Bertz CT molecular complexity index is 586. The highest BCUT2D eigenvalue weighted by atomic mass is 16.6. The number of carbonyl (C=O) groups excluding carboxylic acids is 2. The van der Waals surface area contributed by atoms with Crippen LogP contribution in [-0.4, -0.2) is 34.1 Å². The highest BCUT2D eigenvalue weighted by Gasteiger charge is 2.57. The van der Waals surface area contributed by atoms with Crippen molar-refractivity contribution in [3.8, 4) is 0 Å². The molecule has 0 saturated heterocycles. The maximum Gasteiger partial charge on any atom is 0.352 e. The Labute approximate surface area is 141 Å². The molecule has 0 aromatic carbocycles. The summed E-state index contributed by atoms with van der Waals surface area (Å²) >= 11 is 0. The smallest absolute Gasteiger partial charge is 0.352 e. The fourth-order valence-corrected chi connectivity index (χ4v) is 4.39. The molecule has 6 heteroatoms. The summed E-state index contributed by atoms with van der Waals surface area (Å²) in [4.78, 5) is 27.7. The summed E-state index contributed by atoms with van der Waals surface area (Å²) in [7, 11) is 0. The van der Waals surface area contributed by atoms with Crippen molar-refractivity contribution in [2.45, 2.75) is 75.9 Å². The van der Waals surface area contributed by atoms with Gasteiger partial charge in [0.25, 0.3) is 0 Å². The van der Waals surface area contributed by atoms with Gasteiger partial charge in [0.05, 0.1) is 0 Å². The van der Waals surface area contributed by atoms with Crippen molar-refractivity contribution in [1.82, 2.24) is 0 Å². The van der Waals surface area contributed by atoms with Crippen LogP contribution in [0.25, 0.3) is 5.53 Å². The molecule has 2 atom stereocenters. The van der Waals surface area contributed by atoms with Crippen molar-refractivity contribution in [1.29, 1.82) is 0 Å². The Morgan fingerprint density at radius 3 is 2.33 bits per heavy atom. The fourth-order valence-electron chi connectivity index (χ4n) is 4.39. The molecule has 2 bridgehead atoms. The van der Waals surface area contributed by atoms with Crippen LogP contribution in [0.2, 0.25) is 0 Å². The Morgan fingerprint density at radius 2 is 1.62 bits per heavy atom. The monoisotopic (exact) mass is 332 g/mol. The molecule has 1 aliphatic heterocycles. The quantitative estimate of drug-likeness (QED) is 0.319. The molecule has 0 radical (unpaired) electrons. The molecule has 3 rings (SSSR count). The van der Waals surface area contributed by atoms with Gasteiger partial charge in [0.2, 0.25) is 11.7 Å². The molecule has 3 aliphatic rings. The highest BCUT2D eigenvalue weighted by molar-refractivity contribution is 6.00. The zero-order valence-electron chi connectivity index (χ0n) is 13.9. The topological polar surface area (TPSA) is 89.0 Å². The molecular weight excluding hydrogens is 308 g/mol. The maximum atomic E-state index is 12.3. The van der Waals surface area contributed by atoms with Gasteiger partial charge in [0.15, 0.2) is 0 Å². The van der Waals surface area contributed by atoms with Gasteiger partial charge in [-0.1, -0.05) is 25.7 Å². The van der Waals surface area contributed by atoms with E-state index in [0.29, 0.717) is 18.6 Å². The van der Waals surface area contributed by atoms with Crippen LogP contribution in [0.5, 0.6) is 0 Å². The maximum absolute atomic E-state index is 12.3. The molecule has 6 nitrogen and oxygen atoms in total. The van der Waals surface area contributed by atoms with Crippen LogP contribution in [0.15, 0.2) is 12.2 Å². The van der Waals surface area contributed by atoms with Gasteiger partial charge in [-0.15, -0.1) is 0 Å². The summed E-state index contributed by atoms with van der Waals surface area (Å²) < 4.78 is 11.4. The number of carbonyl (C=O) groups is 2. The number of hydrogen-bond acceptors (Lipinski definition) is 4. The first-order valence-corrected chi connectivity index (χ1v) is 9.00. The van der Waals surface area contributed by atoms with Crippen molar-refractivity contribution < 1.29 is 23.9 Å². The van der Waals surface area contributed by atoms with Crippen LogP contribution in [0, 0.1) is 5.92 Å². The minimum absolute atomic E-state index is 0.0978. The molecule has 2 fully saturated rings. The second-order valence-corrected chi connectivity index (χ2v) is 6.99. The lowest BCUT2D eigenvalue weighted by atomic mass is 9.75. The summed E-state index contributed by atoms with van der Waals surface area (Å²) in [6.07, 6.45) is 10.8. The van der Waals surface area contributed by atoms with Crippen LogP contribution < -0.4 is 0 Å². The highest BCUT2D eigenvalue weighted by Crippen LogP contribution is 2.42. The van der Waals surface area contributed by atoms with Crippen LogP contribution in [-0.2, 0) is 19.1 Å². The Kier molecular flexibility index (Phi) is 5.14. The predicted molar refractivity (Wildman–Crippen MR) is 86.1 cm³/mol. The van der Waals surface area contributed by atoms with Gasteiger partial charge in [-0.2, -0.15) is 4.79 Å². The largest absolute Gasteiger partial charge is 0.447 e. The standard InChI is InChI=1S/C18H24N2O4/c19-20-17-14-9-5-6-12-18(17,13-7-3-1-2-4-8-13)24-16(22)11-10-15(21)23-14/h10-11,13-14H,1-9,12H2/b11-10-. The molecule has 0 N–H and O–H groups in total. The van der Waals surface area contributed by atoms with Gasteiger partial charge in [-0.3, -0.25) is 0 Å². The summed E-state index contributed by atoms with van der Waals surface area (Å²) in [5.41, 5.74) is 9.11. The van der Waals surface area contributed by atoms with Gasteiger partial charge < -0.3 is 15.0 Å². The summed E-state index contributed by atoms with van der Waals surface area (Å²) in [5, 5.41) is 0. The number of esters is 2. The SMILES string of the molecule is [N-]=[N+]=C1C2CCCCC1(C1CCCCCC1)OC(=O)/C=C\C(=O)O2. The first kappa shape index (κ1) is 16.9. The number of rotatable bonds is 1. The third-order valence-corrected chi connectivity index (χ3v) is 5.52. The van der Waals surface area contributed by atoms with Crippen LogP contribution in [0.4, 0.5) is 0 Å². The summed E-state index contributed by atoms with van der Waals surface area (Å²) in [6.45, 7) is 0. The van der Waals surface area contributed by atoms with E-state index < -0.39 is 23.6 Å². The van der Waals surface area contributed by atoms with Crippen LogP contribution >= 0.6 is 0 Å². The van der Waals surface area contributed by atoms with Crippen molar-refractivity contribution in [3.63, 3.8) is 0 Å². The molecule has 2 unspecified atom stereocenters. The van der Waals surface area contributed by atoms with Crippen molar-refractivity contribution in [2.24, 2.45) is 5.92 Å². The van der Waals surface area contributed by atoms with E-state index >= 15 is 0 Å². The first-order chi connectivity index (χ1) is 11.7. The molecule has 130 valence electrons. The van der Waals surface area contributed by atoms with E-state index in [1.54, 1.807) is 0 Å². The first-order valence-electron chi connectivity index (χ1n) is 9.00. The minimum atomic E-state index is -0.966. The van der Waals surface area contributed by atoms with E-state index in [-0.39, 0.29) is 5.92 Å². The van der Waals surface area contributed by atoms with Gasteiger partial charge in [0.1, 0.15) is 0 Å². The number of hydrogen-bond donors (Lipinski definition) is 0. The Balaban J connectivity index is 2.07. The van der Waals surface area contributed by atoms with Gasteiger partial charge in [-0.25, -0.2) is 9.59 Å². The number of ether oxygens (including phenoxy) is 2. The van der Waals surface area contributed by atoms with E-state index in [1.165, 1.54) is 12.8 Å². The van der Waals surface area contributed by atoms with Crippen molar-refractivity contribution in [3.05, 3.63) is 17.7 Å². The lowest BCUT2D eigenvalue weighted by Crippen LogP contribution is -2.53. The molecule has 0 spiro atoms. The lowest BCUT2D eigenvalue weighted by molar-refractivity contribution is -0.159. The zero-order chi connectivity index (χ0) is 17.0. The lowest BCUT2D eigenvalue weighted by Gasteiger charge is -2.36.